The molecule has 0 aromatic carbocycles. The fourth-order valence-corrected chi connectivity index (χ4v) is 3.04. The normalized spacial score (nSPS) is 35.2. The van der Waals surface area contributed by atoms with Crippen LogP contribution >= 0.6 is 0 Å². The fourth-order valence-electron chi connectivity index (χ4n) is 3.04. The third kappa shape index (κ3) is 1.14. The summed E-state index contributed by atoms with van der Waals surface area (Å²) in [5.74, 6) is 0.846. The van der Waals surface area contributed by atoms with Crippen LogP contribution in [0.4, 0.5) is 0 Å². The zero-order valence-corrected chi connectivity index (χ0v) is 9.22. The van der Waals surface area contributed by atoms with Crippen LogP contribution in [0.3, 0.4) is 0 Å². The van der Waals surface area contributed by atoms with Gasteiger partial charge in [-0.25, -0.2) is 0 Å². The molecule has 4 nitrogen and oxygen atoms in total. The van der Waals surface area contributed by atoms with Gasteiger partial charge < -0.3 is 10.3 Å². The highest BCUT2D eigenvalue weighted by Gasteiger charge is 2.71. The summed E-state index contributed by atoms with van der Waals surface area (Å²) < 4.78 is 5.30. The Labute approximate surface area is 94.2 Å². The molecule has 0 bridgehead atoms. The van der Waals surface area contributed by atoms with Crippen molar-refractivity contribution in [2.45, 2.75) is 12.8 Å². The minimum atomic E-state index is -0.638. The van der Waals surface area contributed by atoms with Gasteiger partial charge in [-0.2, -0.15) is 4.79 Å². The van der Waals surface area contributed by atoms with E-state index in [2.05, 4.69) is 11.4 Å². The molecule has 0 heterocycles. The van der Waals surface area contributed by atoms with E-state index in [4.69, 9.17) is 10.3 Å². The maximum atomic E-state index is 12.0. The Morgan fingerprint density at radius 3 is 3.12 bits per heavy atom. The fraction of sp³-hybridized carbons (Fsp3) is 0.500. The molecule has 1 saturated carbocycles. The van der Waals surface area contributed by atoms with Gasteiger partial charge in [0.05, 0.1) is 7.11 Å². The average molecular weight is 218 g/mol. The van der Waals surface area contributed by atoms with Gasteiger partial charge in [-0.15, -0.1) is 6.58 Å². The second-order valence-corrected chi connectivity index (χ2v) is 4.20. The topological polar surface area (TPSA) is 62.7 Å². The van der Waals surface area contributed by atoms with E-state index in [1.807, 2.05) is 6.08 Å². The molecule has 0 aromatic heterocycles. The molecule has 2 aliphatic carbocycles. The van der Waals surface area contributed by atoms with Gasteiger partial charge in [-0.3, -0.25) is 4.79 Å². The van der Waals surface area contributed by atoms with Gasteiger partial charge >= 0.3 is 6.21 Å². The van der Waals surface area contributed by atoms with E-state index in [0.717, 1.165) is 19.1 Å². The van der Waals surface area contributed by atoms with Gasteiger partial charge in [0.1, 0.15) is 11.2 Å². The first-order chi connectivity index (χ1) is 7.73. The average Bonchev–Trinajstić information content (AvgIpc) is 2.98. The van der Waals surface area contributed by atoms with Gasteiger partial charge in [0.15, 0.2) is 0 Å². The standard InChI is InChI=1S/C12H14N2O2/c1-3-8-9-5-4-6-11(16-2)12(8,9)10(15)7-14-13/h3,6-9H,1,4-5H2,2H3/t8-,9-,12+/m0/s1. The number of carbonyl (C=O) groups is 1. The summed E-state index contributed by atoms with van der Waals surface area (Å²) >= 11 is 0. The second kappa shape index (κ2) is 3.72. The summed E-state index contributed by atoms with van der Waals surface area (Å²) in [4.78, 5) is 14.9. The molecule has 84 valence electrons. The van der Waals surface area contributed by atoms with Crippen LogP contribution in [0.25, 0.3) is 5.53 Å². The number of ketones is 1. The highest BCUT2D eigenvalue weighted by Crippen LogP contribution is 2.67. The summed E-state index contributed by atoms with van der Waals surface area (Å²) in [6, 6.07) is 0. The molecular formula is C12H14N2O2. The lowest BCUT2D eigenvalue weighted by molar-refractivity contribution is -0.121. The van der Waals surface area contributed by atoms with E-state index in [0.29, 0.717) is 5.76 Å². The Morgan fingerprint density at radius 1 is 1.81 bits per heavy atom. The molecule has 16 heavy (non-hydrogen) atoms. The minimum absolute atomic E-state index is 0.103. The molecule has 0 spiro atoms. The van der Waals surface area contributed by atoms with Crippen LogP contribution < -0.4 is 0 Å². The quantitative estimate of drug-likeness (QED) is 0.311. The predicted molar refractivity (Wildman–Crippen MR) is 58.6 cm³/mol. The largest absolute Gasteiger partial charge is 0.500 e. The number of methoxy groups -OCH3 is 1. The summed E-state index contributed by atoms with van der Waals surface area (Å²) in [5, 5.41) is 0. The van der Waals surface area contributed by atoms with Crippen LogP contribution in [0, 0.1) is 17.3 Å². The van der Waals surface area contributed by atoms with Gasteiger partial charge in [-0.05, 0) is 24.8 Å². The van der Waals surface area contributed by atoms with Crippen molar-refractivity contribution in [1.82, 2.24) is 0 Å². The molecule has 2 rings (SSSR count). The van der Waals surface area contributed by atoms with Gasteiger partial charge in [0.25, 0.3) is 5.78 Å². The van der Waals surface area contributed by atoms with Crippen LogP contribution in [0.1, 0.15) is 12.8 Å². The molecule has 1 fully saturated rings. The van der Waals surface area contributed by atoms with Crippen LogP contribution in [0.15, 0.2) is 24.5 Å². The number of ether oxygens (including phenoxy) is 1. The highest BCUT2D eigenvalue weighted by atomic mass is 16.5. The van der Waals surface area contributed by atoms with Crippen LogP contribution in [-0.4, -0.2) is 23.9 Å². The third-order valence-corrected chi connectivity index (χ3v) is 3.71. The number of carbonyl (C=O) groups excluding carboxylic acids is 1. The number of hydrogen-bond donors (Lipinski definition) is 0. The monoisotopic (exact) mass is 218 g/mol. The van der Waals surface area contributed by atoms with Crippen molar-refractivity contribution >= 4 is 12.0 Å². The van der Waals surface area contributed by atoms with E-state index in [1.165, 1.54) is 0 Å². The summed E-state index contributed by atoms with van der Waals surface area (Å²) in [7, 11) is 1.57. The van der Waals surface area contributed by atoms with Crippen LogP contribution in [0.2, 0.25) is 0 Å². The van der Waals surface area contributed by atoms with Crippen molar-refractivity contribution in [3.63, 3.8) is 0 Å². The first kappa shape index (κ1) is 10.8. The molecule has 0 aromatic rings. The molecule has 0 amide bonds. The zero-order valence-electron chi connectivity index (χ0n) is 9.22. The van der Waals surface area contributed by atoms with E-state index < -0.39 is 5.41 Å². The Balaban J connectivity index is 2.44. The molecule has 4 heteroatoms. The maximum Gasteiger partial charge on any atom is 0.324 e. The molecular weight excluding hydrogens is 204 g/mol. The van der Waals surface area contributed by atoms with Crippen molar-refractivity contribution in [1.29, 1.82) is 0 Å². The lowest BCUT2D eigenvalue weighted by atomic mass is 9.88. The van der Waals surface area contributed by atoms with Crippen molar-refractivity contribution in [3.05, 3.63) is 30.0 Å². The first-order valence-electron chi connectivity index (χ1n) is 5.32. The molecule has 0 unspecified atom stereocenters. The molecule has 3 atom stereocenters. The Morgan fingerprint density at radius 2 is 2.56 bits per heavy atom. The number of hydrogen-bond acceptors (Lipinski definition) is 2. The Bertz CT molecular complexity index is 421. The molecule has 0 aliphatic heterocycles. The molecule has 0 radical (unpaired) electrons. The molecule has 0 saturated heterocycles. The smallest absolute Gasteiger partial charge is 0.324 e. The minimum Gasteiger partial charge on any atom is -0.500 e. The lowest BCUT2D eigenvalue weighted by Gasteiger charge is -2.19. The van der Waals surface area contributed by atoms with Crippen molar-refractivity contribution in [3.8, 4) is 0 Å². The third-order valence-electron chi connectivity index (χ3n) is 3.71. The summed E-state index contributed by atoms with van der Waals surface area (Å²) in [6.45, 7) is 3.76. The van der Waals surface area contributed by atoms with Crippen molar-refractivity contribution in [2.75, 3.05) is 7.11 Å². The maximum absolute atomic E-state index is 12.0. The van der Waals surface area contributed by atoms with Crippen molar-refractivity contribution in [2.24, 2.45) is 17.3 Å². The predicted octanol–water partition coefficient (Wildman–Crippen LogP) is 1.60. The Hall–Kier alpha value is -1.67. The number of Topliss-reactive ketones (excluding diaryl/α,β-unsaturated/α-hetero) is 1. The van der Waals surface area contributed by atoms with Crippen LogP contribution in [-0.2, 0) is 9.53 Å². The van der Waals surface area contributed by atoms with Crippen molar-refractivity contribution < 1.29 is 14.3 Å². The number of fused-ring (bicyclic) bond motifs is 1. The molecule has 0 N–H and O–H groups in total. The van der Waals surface area contributed by atoms with E-state index in [1.54, 1.807) is 13.2 Å². The van der Waals surface area contributed by atoms with E-state index >= 15 is 0 Å². The van der Waals surface area contributed by atoms with E-state index in [9.17, 15) is 4.79 Å². The van der Waals surface area contributed by atoms with Crippen LogP contribution in [0.5, 0.6) is 0 Å². The lowest BCUT2D eigenvalue weighted by Crippen LogP contribution is -2.26. The zero-order chi connectivity index (χ0) is 11.8. The second-order valence-electron chi connectivity index (χ2n) is 4.20. The van der Waals surface area contributed by atoms with Gasteiger partial charge in [0, 0.05) is 5.92 Å². The van der Waals surface area contributed by atoms with E-state index in [-0.39, 0.29) is 17.6 Å². The summed E-state index contributed by atoms with van der Waals surface area (Å²) in [6.07, 6.45) is 6.59. The number of rotatable bonds is 4. The Kier molecular flexibility index (Phi) is 2.52. The van der Waals surface area contributed by atoms with Gasteiger partial charge in [0.2, 0.25) is 0 Å². The number of nitrogens with zero attached hydrogens (tertiary/aromatic N) is 2. The van der Waals surface area contributed by atoms with Gasteiger partial charge in [-0.1, -0.05) is 6.08 Å². The SMILES string of the molecule is C=C[C@H]1[C@@H]2CCC=C(OC)[C@]12C(=O)C=[N+]=[N-]. The molecule has 2 aliphatic rings. The highest BCUT2D eigenvalue weighted by molar-refractivity contribution is 6.30. The number of allylic oxidation sites excluding steroid dienone is 3. The summed E-state index contributed by atoms with van der Waals surface area (Å²) in [5.41, 5.74) is 7.84. The first-order valence-corrected chi connectivity index (χ1v) is 5.32.